The number of carbonyl (C=O) groups excluding carboxylic acids is 1. The number of fused-ring (bicyclic) bond motifs is 4. The highest BCUT2D eigenvalue weighted by Gasteiger charge is 2.42. The molecule has 1 aromatic carbocycles. The van der Waals surface area contributed by atoms with Crippen molar-refractivity contribution in [2.75, 3.05) is 35.7 Å². The van der Waals surface area contributed by atoms with Crippen molar-refractivity contribution in [1.82, 2.24) is 5.32 Å². The lowest BCUT2D eigenvalue weighted by Crippen LogP contribution is -2.39. The lowest BCUT2D eigenvalue weighted by atomic mass is 9.82. The quantitative estimate of drug-likeness (QED) is 0.577. The first-order valence-electron chi connectivity index (χ1n) is 11.0. The van der Waals surface area contributed by atoms with E-state index in [0.717, 1.165) is 53.9 Å². The zero-order valence-electron chi connectivity index (χ0n) is 17.7. The van der Waals surface area contributed by atoms with E-state index in [1.165, 1.54) is 11.1 Å². The maximum Gasteiger partial charge on any atom is 0.251 e. The lowest BCUT2D eigenvalue weighted by Gasteiger charge is -2.37. The minimum absolute atomic E-state index is 0.0569. The molecule has 4 aliphatic rings. The van der Waals surface area contributed by atoms with Crippen molar-refractivity contribution in [3.8, 4) is 0 Å². The van der Waals surface area contributed by atoms with Crippen LogP contribution >= 0.6 is 0 Å². The predicted octanol–water partition coefficient (Wildman–Crippen LogP) is 3.32. The minimum Gasteiger partial charge on any atom is -0.396 e. The van der Waals surface area contributed by atoms with E-state index in [2.05, 4.69) is 59.1 Å². The Hall–Kier alpha value is -2.73. The lowest BCUT2D eigenvalue weighted by molar-refractivity contribution is 0.0950. The van der Waals surface area contributed by atoms with E-state index in [1.807, 2.05) is 6.07 Å². The molecule has 0 bridgehead atoms. The van der Waals surface area contributed by atoms with Crippen LogP contribution in [0.25, 0.3) is 0 Å². The standard InChI is InChI=1S/C24H30N4O2/c1-15-26-22-20(28(15)2)12-19(23(30)25-10-5-11-29)18-8-9-24(27-21(18)22)13-16-6-3-4-7-17(16)14-24/h3-4,6,12,14-15,26-27,29H,5,7-11,13H2,1-2H3,(H,25,30). The molecule has 0 radical (unpaired) electrons. The molecule has 1 spiro atoms. The number of nitrogens with zero attached hydrogens (tertiary/aromatic N) is 1. The molecule has 2 atom stereocenters. The fraction of sp³-hybridized carbons (Fsp3) is 0.458. The smallest absolute Gasteiger partial charge is 0.251 e. The van der Waals surface area contributed by atoms with Crippen molar-refractivity contribution >= 4 is 23.0 Å². The second kappa shape index (κ2) is 7.20. The molecule has 158 valence electrons. The maximum absolute atomic E-state index is 13.0. The Morgan fingerprint density at radius 1 is 1.37 bits per heavy atom. The van der Waals surface area contributed by atoms with Crippen molar-refractivity contribution in [2.24, 2.45) is 0 Å². The zero-order valence-corrected chi connectivity index (χ0v) is 17.7. The van der Waals surface area contributed by atoms with Crippen LogP contribution in [-0.2, 0) is 6.42 Å². The molecule has 0 fully saturated rings. The number of carbonyl (C=O) groups is 1. The number of rotatable bonds is 4. The highest BCUT2D eigenvalue weighted by molar-refractivity contribution is 6.03. The fourth-order valence-electron chi connectivity index (χ4n) is 5.19. The number of hydrogen-bond acceptors (Lipinski definition) is 5. The van der Waals surface area contributed by atoms with Gasteiger partial charge in [0.2, 0.25) is 0 Å². The van der Waals surface area contributed by atoms with Gasteiger partial charge in [0.25, 0.3) is 5.91 Å². The molecule has 30 heavy (non-hydrogen) atoms. The summed E-state index contributed by atoms with van der Waals surface area (Å²) < 4.78 is 0. The summed E-state index contributed by atoms with van der Waals surface area (Å²) in [5, 5.41) is 19.5. The van der Waals surface area contributed by atoms with Crippen LogP contribution in [-0.4, -0.2) is 42.9 Å². The van der Waals surface area contributed by atoms with Gasteiger partial charge in [0, 0.05) is 25.8 Å². The van der Waals surface area contributed by atoms with E-state index in [9.17, 15) is 4.79 Å². The largest absolute Gasteiger partial charge is 0.396 e. The van der Waals surface area contributed by atoms with Crippen molar-refractivity contribution in [2.45, 2.75) is 50.7 Å². The van der Waals surface area contributed by atoms with E-state index in [1.54, 1.807) is 0 Å². The van der Waals surface area contributed by atoms with Crippen molar-refractivity contribution < 1.29 is 9.90 Å². The number of nitrogens with one attached hydrogen (secondary N) is 3. The summed E-state index contributed by atoms with van der Waals surface area (Å²) in [4.78, 5) is 15.2. The van der Waals surface area contributed by atoms with Gasteiger partial charge in [0.1, 0.15) is 0 Å². The summed E-state index contributed by atoms with van der Waals surface area (Å²) in [5.41, 5.74) is 7.86. The van der Waals surface area contributed by atoms with Crippen LogP contribution in [0.5, 0.6) is 0 Å². The zero-order chi connectivity index (χ0) is 20.9. The molecular formula is C24H30N4O2. The molecule has 2 heterocycles. The Labute approximate surface area is 177 Å². The van der Waals surface area contributed by atoms with Gasteiger partial charge in [-0.2, -0.15) is 0 Å². The van der Waals surface area contributed by atoms with E-state index >= 15 is 0 Å². The van der Waals surface area contributed by atoms with E-state index < -0.39 is 0 Å². The number of benzene rings is 1. The van der Waals surface area contributed by atoms with Gasteiger partial charge in [-0.1, -0.05) is 24.3 Å². The first-order valence-corrected chi connectivity index (χ1v) is 11.0. The fourth-order valence-corrected chi connectivity index (χ4v) is 5.19. The number of aliphatic hydroxyl groups is 1. The molecular weight excluding hydrogens is 376 g/mol. The first kappa shape index (κ1) is 19.2. The average molecular weight is 407 g/mol. The summed E-state index contributed by atoms with van der Waals surface area (Å²) in [7, 11) is 2.06. The monoisotopic (exact) mass is 406 g/mol. The number of amides is 1. The highest BCUT2D eigenvalue weighted by Crippen LogP contribution is 2.51. The molecule has 4 N–H and O–H groups in total. The molecule has 1 aromatic rings. The minimum atomic E-state index is -0.0774. The van der Waals surface area contributed by atoms with Crippen LogP contribution in [0.15, 0.2) is 41.5 Å². The van der Waals surface area contributed by atoms with Gasteiger partial charge in [-0.05, 0) is 61.8 Å². The first-order chi connectivity index (χ1) is 14.5. The number of anilines is 3. The summed E-state index contributed by atoms with van der Waals surface area (Å²) >= 11 is 0. The molecule has 1 amide bonds. The Morgan fingerprint density at radius 3 is 3.03 bits per heavy atom. The van der Waals surface area contributed by atoms with E-state index in [0.29, 0.717) is 13.0 Å². The van der Waals surface area contributed by atoms with Crippen LogP contribution in [0.3, 0.4) is 0 Å². The third-order valence-corrected chi connectivity index (χ3v) is 6.93. The Morgan fingerprint density at radius 2 is 2.23 bits per heavy atom. The molecule has 0 saturated carbocycles. The SMILES string of the molecule is CC1Nc2c(cc(C(=O)NCCCO)c3c2NC2(C=C4CC=CC=C4C2)CC3)N1C. The molecule has 0 saturated heterocycles. The Balaban J connectivity index is 1.54. The van der Waals surface area contributed by atoms with Crippen LogP contribution in [0.4, 0.5) is 17.1 Å². The van der Waals surface area contributed by atoms with Gasteiger partial charge in [-0.15, -0.1) is 0 Å². The number of hydrogen-bond donors (Lipinski definition) is 4. The third kappa shape index (κ3) is 3.01. The van der Waals surface area contributed by atoms with Gasteiger partial charge in [-0.25, -0.2) is 0 Å². The third-order valence-electron chi connectivity index (χ3n) is 6.93. The van der Waals surface area contributed by atoms with Crippen LogP contribution in [0, 0.1) is 0 Å². The molecule has 5 rings (SSSR count). The van der Waals surface area contributed by atoms with Crippen LogP contribution in [0.1, 0.15) is 48.5 Å². The molecule has 6 heteroatoms. The molecule has 0 aromatic heterocycles. The van der Waals surface area contributed by atoms with Crippen LogP contribution < -0.4 is 20.9 Å². The summed E-state index contributed by atoms with van der Waals surface area (Å²) in [6, 6.07) is 2.03. The summed E-state index contributed by atoms with van der Waals surface area (Å²) in [6.45, 7) is 2.70. The topological polar surface area (TPSA) is 76.6 Å². The van der Waals surface area contributed by atoms with Gasteiger partial charge < -0.3 is 26.0 Å². The second-order valence-electron chi connectivity index (χ2n) is 8.89. The van der Waals surface area contributed by atoms with Crippen molar-refractivity contribution in [1.29, 1.82) is 0 Å². The van der Waals surface area contributed by atoms with E-state index in [4.69, 9.17) is 5.11 Å². The Bertz CT molecular complexity index is 993. The normalized spacial score (nSPS) is 25.7. The summed E-state index contributed by atoms with van der Waals surface area (Å²) in [6.07, 6.45) is 13.6. The second-order valence-corrected chi connectivity index (χ2v) is 8.89. The van der Waals surface area contributed by atoms with Crippen molar-refractivity contribution in [3.63, 3.8) is 0 Å². The molecule has 2 unspecified atom stereocenters. The van der Waals surface area contributed by atoms with Gasteiger partial charge in [-0.3, -0.25) is 4.79 Å². The molecule has 2 aliphatic carbocycles. The van der Waals surface area contributed by atoms with Gasteiger partial charge in [0.05, 0.1) is 28.8 Å². The Kier molecular flexibility index (Phi) is 4.62. The van der Waals surface area contributed by atoms with Gasteiger partial charge >= 0.3 is 0 Å². The number of aliphatic hydroxyl groups excluding tert-OH is 1. The molecule has 6 nitrogen and oxygen atoms in total. The highest BCUT2D eigenvalue weighted by atomic mass is 16.3. The van der Waals surface area contributed by atoms with Crippen molar-refractivity contribution in [3.05, 3.63) is 52.6 Å². The average Bonchev–Trinajstić information content (AvgIpc) is 3.24. The number of allylic oxidation sites excluding steroid dienone is 4. The summed E-state index contributed by atoms with van der Waals surface area (Å²) in [5.74, 6) is -0.0569. The predicted molar refractivity (Wildman–Crippen MR) is 121 cm³/mol. The van der Waals surface area contributed by atoms with Gasteiger partial charge in [0.15, 0.2) is 0 Å². The molecule has 2 aliphatic heterocycles. The maximum atomic E-state index is 13.0. The van der Waals surface area contributed by atoms with Crippen LogP contribution in [0.2, 0.25) is 0 Å². The van der Waals surface area contributed by atoms with E-state index in [-0.39, 0.29) is 24.2 Å².